The third-order valence-corrected chi connectivity index (χ3v) is 5.44. The van der Waals surface area contributed by atoms with Gasteiger partial charge < -0.3 is 25.0 Å². The average molecular weight is 458 g/mol. The van der Waals surface area contributed by atoms with Crippen LogP contribution in [0.3, 0.4) is 0 Å². The van der Waals surface area contributed by atoms with Crippen LogP contribution in [0.5, 0.6) is 11.5 Å². The van der Waals surface area contributed by atoms with Gasteiger partial charge in [-0.2, -0.15) is 0 Å². The minimum atomic E-state index is -0.165. The van der Waals surface area contributed by atoms with Crippen molar-refractivity contribution in [3.63, 3.8) is 0 Å². The van der Waals surface area contributed by atoms with Gasteiger partial charge in [-0.25, -0.2) is 0 Å². The number of ether oxygens (including phenoxy) is 2. The van der Waals surface area contributed by atoms with E-state index in [0.717, 1.165) is 29.1 Å². The van der Waals surface area contributed by atoms with E-state index in [1.54, 1.807) is 0 Å². The van der Waals surface area contributed by atoms with E-state index in [-0.39, 0.29) is 5.91 Å². The van der Waals surface area contributed by atoms with Gasteiger partial charge in [0.05, 0.1) is 30.2 Å². The maximum absolute atomic E-state index is 13.3. The summed E-state index contributed by atoms with van der Waals surface area (Å²) in [5.41, 5.74) is 5.84. The molecule has 6 nitrogen and oxygen atoms in total. The van der Waals surface area contributed by atoms with Crippen LogP contribution in [0.4, 0.5) is 11.4 Å². The number of amides is 1. The Kier molecular flexibility index (Phi) is 7.18. The second-order valence-corrected chi connectivity index (χ2v) is 8.34. The summed E-state index contributed by atoms with van der Waals surface area (Å²) in [6.07, 6.45) is 0. The van der Waals surface area contributed by atoms with Crippen molar-refractivity contribution in [2.45, 2.75) is 20.4 Å². The smallest absolute Gasteiger partial charge is 0.258 e. The van der Waals surface area contributed by atoms with Crippen LogP contribution in [0.15, 0.2) is 66.7 Å². The molecule has 176 valence electrons. The number of nitrogens with one attached hydrogen (secondary N) is 2. The maximum Gasteiger partial charge on any atom is 0.258 e. The lowest BCUT2D eigenvalue weighted by atomic mass is 9.99. The lowest BCUT2D eigenvalue weighted by molar-refractivity contribution is -0.110. The zero-order valence-electron chi connectivity index (χ0n) is 20.1. The van der Waals surface area contributed by atoms with Gasteiger partial charge in [-0.1, -0.05) is 42.5 Å². The molecule has 0 atom stereocenters. The third kappa shape index (κ3) is 5.07. The van der Waals surface area contributed by atoms with Crippen LogP contribution < -0.4 is 20.1 Å². The van der Waals surface area contributed by atoms with E-state index in [9.17, 15) is 4.79 Å². The van der Waals surface area contributed by atoms with Gasteiger partial charge in [0, 0.05) is 23.9 Å². The maximum atomic E-state index is 13.3. The summed E-state index contributed by atoms with van der Waals surface area (Å²) in [7, 11) is 4.09. The monoisotopic (exact) mass is 457 g/mol. The molecule has 1 aliphatic heterocycles. The number of carbonyl (C=O) groups excluding carboxylic acids is 1. The molecule has 0 saturated heterocycles. The first kappa shape index (κ1) is 23.4. The Morgan fingerprint density at radius 3 is 2.29 bits per heavy atom. The van der Waals surface area contributed by atoms with Gasteiger partial charge in [-0.05, 0) is 57.3 Å². The van der Waals surface area contributed by atoms with Crippen molar-refractivity contribution in [3.05, 3.63) is 83.4 Å². The van der Waals surface area contributed by atoms with Crippen LogP contribution in [0.25, 0.3) is 11.3 Å². The number of carbonyl (C=O) groups is 1. The zero-order chi connectivity index (χ0) is 24.1. The van der Waals surface area contributed by atoms with Crippen molar-refractivity contribution < 1.29 is 14.3 Å². The van der Waals surface area contributed by atoms with Gasteiger partial charge in [0.2, 0.25) is 0 Å². The van der Waals surface area contributed by atoms with E-state index in [4.69, 9.17) is 9.47 Å². The summed E-state index contributed by atoms with van der Waals surface area (Å²) in [5.74, 6) is 1.08. The first-order valence-corrected chi connectivity index (χ1v) is 11.6. The lowest BCUT2D eigenvalue weighted by Crippen LogP contribution is -2.12. The first-order valence-electron chi connectivity index (χ1n) is 11.6. The highest BCUT2D eigenvalue weighted by Crippen LogP contribution is 2.43. The molecule has 0 bridgehead atoms. The Balaban J connectivity index is 1.85. The van der Waals surface area contributed by atoms with Crippen molar-refractivity contribution in [1.29, 1.82) is 0 Å². The molecule has 0 aliphatic carbocycles. The predicted octanol–water partition coefficient (Wildman–Crippen LogP) is 5.48. The highest BCUT2D eigenvalue weighted by molar-refractivity contribution is 6.37. The predicted molar refractivity (Wildman–Crippen MR) is 138 cm³/mol. The minimum absolute atomic E-state index is 0.165. The van der Waals surface area contributed by atoms with Gasteiger partial charge in [0.25, 0.3) is 5.91 Å². The molecule has 1 amide bonds. The SMILES string of the molecule is CCOc1cc2c(cc1OCC)C(=C(Nc1cccc(CN(C)C)c1)c1ccccc1)C(=O)N2. The van der Waals surface area contributed by atoms with Crippen molar-refractivity contribution >= 4 is 28.6 Å². The summed E-state index contributed by atoms with van der Waals surface area (Å²) < 4.78 is 11.6. The van der Waals surface area contributed by atoms with E-state index in [2.05, 4.69) is 27.7 Å². The van der Waals surface area contributed by atoms with Crippen LogP contribution >= 0.6 is 0 Å². The Labute approximate surface area is 201 Å². The van der Waals surface area contributed by atoms with E-state index < -0.39 is 0 Å². The average Bonchev–Trinajstić information content (AvgIpc) is 3.13. The molecular formula is C28H31N3O3. The summed E-state index contributed by atoms with van der Waals surface area (Å²) in [6, 6.07) is 21.9. The number of hydrogen-bond donors (Lipinski definition) is 2. The largest absolute Gasteiger partial charge is 0.490 e. The summed E-state index contributed by atoms with van der Waals surface area (Å²) in [5, 5.41) is 6.55. The molecule has 3 aromatic rings. The van der Waals surface area contributed by atoms with E-state index in [1.807, 2.05) is 82.5 Å². The van der Waals surface area contributed by atoms with Crippen LogP contribution in [-0.4, -0.2) is 38.1 Å². The molecule has 0 aromatic heterocycles. The van der Waals surface area contributed by atoms with Gasteiger partial charge in [-0.15, -0.1) is 0 Å². The molecule has 0 fully saturated rings. The molecule has 0 radical (unpaired) electrons. The Morgan fingerprint density at radius 1 is 0.912 bits per heavy atom. The van der Waals surface area contributed by atoms with Crippen molar-refractivity contribution in [2.24, 2.45) is 0 Å². The molecule has 1 heterocycles. The normalized spacial score (nSPS) is 14.0. The Hall–Kier alpha value is -3.77. The molecule has 0 saturated carbocycles. The molecule has 34 heavy (non-hydrogen) atoms. The van der Waals surface area contributed by atoms with Crippen molar-refractivity contribution in [3.8, 4) is 11.5 Å². The van der Waals surface area contributed by atoms with E-state index in [0.29, 0.717) is 36.0 Å². The van der Waals surface area contributed by atoms with Crippen molar-refractivity contribution in [1.82, 2.24) is 4.90 Å². The molecule has 0 unspecified atom stereocenters. The van der Waals surface area contributed by atoms with Gasteiger partial charge in [0.15, 0.2) is 11.5 Å². The fourth-order valence-electron chi connectivity index (χ4n) is 4.10. The number of anilines is 2. The van der Waals surface area contributed by atoms with E-state index >= 15 is 0 Å². The number of rotatable bonds is 9. The lowest BCUT2D eigenvalue weighted by Gasteiger charge is -2.17. The number of hydrogen-bond acceptors (Lipinski definition) is 5. The van der Waals surface area contributed by atoms with Crippen molar-refractivity contribution in [2.75, 3.05) is 37.9 Å². The zero-order valence-corrected chi connectivity index (χ0v) is 20.1. The fraction of sp³-hybridized carbons (Fsp3) is 0.250. The number of nitrogens with zero attached hydrogens (tertiary/aromatic N) is 1. The molecule has 2 N–H and O–H groups in total. The minimum Gasteiger partial charge on any atom is -0.490 e. The molecule has 4 rings (SSSR count). The molecule has 1 aliphatic rings. The molecular weight excluding hydrogens is 426 g/mol. The highest BCUT2D eigenvalue weighted by atomic mass is 16.5. The first-order chi connectivity index (χ1) is 16.5. The van der Waals surface area contributed by atoms with Gasteiger partial charge in [0.1, 0.15) is 0 Å². The summed E-state index contributed by atoms with van der Waals surface area (Å²) >= 11 is 0. The fourth-order valence-corrected chi connectivity index (χ4v) is 4.10. The van der Waals surface area contributed by atoms with E-state index in [1.165, 1.54) is 5.56 Å². The van der Waals surface area contributed by atoms with Crippen LogP contribution in [0.2, 0.25) is 0 Å². The second kappa shape index (κ2) is 10.4. The topological polar surface area (TPSA) is 62.8 Å². The highest BCUT2D eigenvalue weighted by Gasteiger charge is 2.30. The second-order valence-electron chi connectivity index (χ2n) is 8.34. The molecule has 0 spiro atoms. The Morgan fingerprint density at radius 2 is 1.62 bits per heavy atom. The standard InChI is InChI=1S/C28H31N3O3/c1-5-33-24-16-22-23(17-25(24)34-6-2)30-28(32)26(22)27(20-12-8-7-9-13-20)29-21-14-10-11-19(15-21)18-31(3)4/h7-17,29H,5-6,18H2,1-4H3,(H,30,32). The summed E-state index contributed by atoms with van der Waals surface area (Å²) in [4.78, 5) is 15.4. The van der Waals surface area contributed by atoms with Gasteiger partial charge >= 0.3 is 0 Å². The third-order valence-electron chi connectivity index (χ3n) is 5.44. The molecule has 3 aromatic carbocycles. The quantitative estimate of drug-likeness (QED) is 0.417. The van der Waals surface area contributed by atoms with Gasteiger partial charge in [-0.3, -0.25) is 4.79 Å². The molecule has 6 heteroatoms. The van der Waals surface area contributed by atoms with Crippen LogP contribution in [0.1, 0.15) is 30.5 Å². The number of fused-ring (bicyclic) bond motifs is 1. The Bertz CT molecular complexity index is 1200. The van der Waals surface area contributed by atoms with Crippen LogP contribution in [-0.2, 0) is 11.3 Å². The summed E-state index contributed by atoms with van der Waals surface area (Å²) in [6.45, 7) is 5.70. The number of benzene rings is 3. The van der Waals surface area contributed by atoms with Crippen LogP contribution in [0, 0.1) is 0 Å².